The number of aromatic nitrogens is 2. The Bertz CT molecular complexity index is 650. The van der Waals surface area contributed by atoms with Crippen molar-refractivity contribution in [2.75, 3.05) is 33.3 Å². The van der Waals surface area contributed by atoms with Crippen LogP contribution < -0.4 is 5.32 Å². The smallest absolute Gasteiger partial charge is 0.252 e. The summed E-state index contributed by atoms with van der Waals surface area (Å²) in [5.74, 6) is 0.0526. The van der Waals surface area contributed by atoms with Crippen LogP contribution in [0.1, 0.15) is 12.1 Å². The standard InChI is InChI=1S/C18H24N4O2/c1-22(18(23)17-13-19-9-11-24-17)10-5-8-15-12-16(21-20-15)14-6-3-2-4-7-14/h2-4,6-7,12,17,19H,5,8-11,13H2,1H3,(H,20,21). The van der Waals surface area contributed by atoms with E-state index in [9.17, 15) is 4.79 Å². The van der Waals surface area contributed by atoms with Crippen LogP contribution in [0.2, 0.25) is 0 Å². The minimum atomic E-state index is -0.347. The number of amides is 1. The van der Waals surface area contributed by atoms with Crippen LogP contribution in [-0.4, -0.2) is 60.4 Å². The third-order valence-corrected chi connectivity index (χ3v) is 4.22. The Hall–Kier alpha value is -2.18. The lowest BCUT2D eigenvalue weighted by atomic mass is 10.1. The number of hydrogen-bond donors (Lipinski definition) is 2. The molecule has 1 aromatic heterocycles. The van der Waals surface area contributed by atoms with Crippen LogP contribution in [0, 0.1) is 0 Å². The van der Waals surface area contributed by atoms with Gasteiger partial charge in [-0.05, 0) is 18.9 Å². The van der Waals surface area contributed by atoms with Crippen LogP contribution in [0.5, 0.6) is 0 Å². The van der Waals surface area contributed by atoms with Crippen LogP contribution in [0.25, 0.3) is 11.3 Å². The van der Waals surface area contributed by atoms with Crippen LogP contribution in [0.4, 0.5) is 0 Å². The SMILES string of the molecule is CN(CCCc1cc(-c2ccccc2)n[nH]1)C(=O)C1CNCCO1. The average molecular weight is 328 g/mol. The van der Waals surface area contributed by atoms with Crippen molar-refractivity contribution in [3.63, 3.8) is 0 Å². The van der Waals surface area contributed by atoms with E-state index in [1.165, 1.54) is 0 Å². The number of carbonyl (C=O) groups excluding carboxylic acids is 1. The summed E-state index contributed by atoms with van der Waals surface area (Å²) in [6, 6.07) is 12.2. The Balaban J connectivity index is 1.46. The first-order chi connectivity index (χ1) is 11.7. The Labute approximate surface area is 142 Å². The fraction of sp³-hybridized carbons (Fsp3) is 0.444. The summed E-state index contributed by atoms with van der Waals surface area (Å²) in [7, 11) is 1.84. The van der Waals surface area contributed by atoms with Crippen LogP contribution in [0.3, 0.4) is 0 Å². The van der Waals surface area contributed by atoms with E-state index in [1.807, 2.05) is 37.4 Å². The normalized spacial score (nSPS) is 17.6. The fourth-order valence-electron chi connectivity index (χ4n) is 2.83. The quantitative estimate of drug-likeness (QED) is 0.842. The van der Waals surface area contributed by atoms with Crippen molar-refractivity contribution in [1.82, 2.24) is 20.4 Å². The molecule has 2 N–H and O–H groups in total. The van der Waals surface area contributed by atoms with Gasteiger partial charge in [0.25, 0.3) is 5.91 Å². The fourth-order valence-corrected chi connectivity index (χ4v) is 2.83. The van der Waals surface area contributed by atoms with Crippen molar-refractivity contribution >= 4 is 5.91 Å². The summed E-state index contributed by atoms with van der Waals surface area (Å²) in [6.45, 7) is 2.72. The molecular weight excluding hydrogens is 304 g/mol. The second-order valence-corrected chi connectivity index (χ2v) is 6.07. The largest absolute Gasteiger partial charge is 0.366 e. The lowest BCUT2D eigenvalue weighted by Crippen LogP contribution is -2.48. The van der Waals surface area contributed by atoms with Crippen molar-refractivity contribution in [2.45, 2.75) is 18.9 Å². The van der Waals surface area contributed by atoms with Crippen molar-refractivity contribution in [3.05, 3.63) is 42.1 Å². The summed E-state index contributed by atoms with van der Waals surface area (Å²) in [5.41, 5.74) is 3.15. The molecule has 24 heavy (non-hydrogen) atoms. The van der Waals surface area contributed by atoms with E-state index in [-0.39, 0.29) is 12.0 Å². The number of nitrogens with one attached hydrogen (secondary N) is 2. The highest BCUT2D eigenvalue weighted by Crippen LogP contribution is 2.17. The Morgan fingerprint density at radius 1 is 1.38 bits per heavy atom. The van der Waals surface area contributed by atoms with Gasteiger partial charge in [0.05, 0.1) is 12.3 Å². The van der Waals surface area contributed by atoms with E-state index >= 15 is 0 Å². The summed E-state index contributed by atoms with van der Waals surface area (Å²) in [6.07, 6.45) is 1.40. The maximum atomic E-state index is 12.3. The second-order valence-electron chi connectivity index (χ2n) is 6.07. The molecule has 0 spiro atoms. The summed E-state index contributed by atoms with van der Waals surface area (Å²) in [4.78, 5) is 14.0. The number of aromatic amines is 1. The van der Waals surface area contributed by atoms with E-state index in [4.69, 9.17) is 4.74 Å². The summed E-state index contributed by atoms with van der Waals surface area (Å²) in [5, 5.41) is 10.6. The Kier molecular flexibility index (Phi) is 5.61. The molecule has 0 aliphatic carbocycles. The molecule has 0 bridgehead atoms. The zero-order chi connectivity index (χ0) is 16.8. The third kappa shape index (κ3) is 4.21. The van der Waals surface area contributed by atoms with Crippen molar-refractivity contribution in [3.8, 4) is 11.3 Å². The van der Waals surface area contributed by atoms with E-state index in [0.717, 1.165) is 36.3 Å². The number of rotatable bonds is 6. The molecule has 1 aromatic carbocycles. The molecule has 1 saturated heterocycles. The molecule has 6 nitrogen and oxygen atoms in total. The molecule has 1 atom stereocenters. The van der Waals surface area contributed by atoms with Gasteiger partial charge in [-0.25, -0.2) is 0 Å². The lowest BCUT2D eigenvalue weighted by Gasteiger charge is -2.27. The van der Waals surface area contributed by atoms with Crippen molar-refractivity contribution in [2.24, 2.45) is 0 Å². The van der Waals surface area contributed by atoms with Crippen molar-refractivity contribution < 1.29 is 9.53 Å². The monoisotopic (exact) mass is 328 g/mol. The van der Waals surface area contributed by atoms with Crippen LogP contribution in [-0.2, 0) is 16.0 Å². The number of carbonyl (C=O) groups is 1. The van der Waals surface area contributed by atoms with Crippen molar-refractivity contribution in [1.29, 1.82) is 0 Å². The number of benzene rings is 1. The van der Waals surface area contributed by atoms with Gasteiger partial charge >= 0.3 is 0 Å². The predicted molar refractivity (Wildman–Crippen MR) is 92.6 cm³/mol. The minimum absolute atomic E-state index is 0.0526. The molecule has 0 saturated carbocycles. The Morgan fingerprint density at radius 3 is 2.96 bits per heavy atom. The molecule has 6 heteroatoms. The minimum Gasteiger partial charge on any atom is -0.366 e. The van der Waals surface area contributed by atoms with E-state index in [2.05, 4.69) is 21.6 Å². The summed E-state index contributed by atoms with van der Waals surface area (Å²) < 4.78 is 5.51. The van der Waals surface area contributed by atoms with Gasteiger partial charge in [0.2, 0.25) is 0 Å². The number of aryl methyl sites for hydroxylation is 1. The molecule has 1 unspecified atom stereocenters. The number of H-pyrrole nitrogens is 1. The van der Waals surface area contributed by atoms with Gasteiger partial charge in [-0.15, -0.1) is 0 Å². The molecule has 1 aliphatic rings. The highest BCUT2D eigenvalue weighted by atomic mass is 16.5. The Morgan fingerprint density at radius 2 is 2.21 bits per heavy atom. The highest BCUT2D eigenvalue weighted by molar-refractivity contribution is 5.81. The van der Waals surface area contributed by atoms with E-state index in [1.54, 1.807) is 4.90 Å². The van der Waals surface area contributed by atoms with Gasteiger partial charge in [-0.1, -0.05) is 30.3 Å². The van der Waals surface area contributed by atoms with Crippen LogP contribution >= 0.6 is 0 Å². The zero-order valence-corrected chi connectivity index (χ0v) is 14.0. The first-order valence-electron chi connectivity index (χ1n) is 8.41. The summed E-state index contributed by atoms with van der Waals surface area (Å²) >= 11 is 0. The van der Waals surface area contributed by atoms with E-state index < -0.39 is 0 Å². The number of ether oxygens (including phenoxy) is 1. The zero-order valence-electron chi connectivity index (χ0n) is 14.0. The molecule has 3 rings (SSSR count). The molecule has 0 radical (unpaired) electrons. The third-order valence-electron chi connectivity index (χ3n) is 4.22. The molecular formula is C18H24N4O2. The van der Waals surface area contributed by atoms with Gasteiger partial charge in [-0.3, -0.25) is 9.89 Å². The van der Waals surface area contributed by atoms with Gasteiger partial charge in [0.1, 0.15) is 6.10 Å². The molecule has 128 valence electrons. The second kappa shape index (κ2) is 8.08. The highest BCUT2D eigenvalue weighted by Gasteiger charge is 2.24. The van der Waals surface area contributed by atoms with Gasteiger partial charge in [0.15, 0.2) is 0 Å². The average Bonchev–Trinajstić information content (AvgIpc) is 3.11. The maximum absolute atomic E-state index is 12.3. The molecule has 2 aromatic rings. The predicted octanol–water partition coefficient (Wildman–Crippen LogP) is 1.46. The number of likely N-dealkylation sites (N-methyl/N-ethyl adjacent to an activating group) is 1. The molecule has 1 aliphatic heterocycles. The molecule has 1 amide bonds. The lowest BCUT2D eigenvalue weighted by molar-refractivity contribution is -0.143. The topological polar surface area (TPSA) is 70.2 Å². The number of hydrogen-bond acceptors (Lipinski definition) is 4. The van der Waals surface area contributed by atoms with Gasteiger partial charge < -0.3 is 15.0 Å². The van der Waals surface area contributed by atoms with Gasteiger partial charge in [-0.2, -0.15) is 5.10 Å². The maximum Gasteiger partial charge on any atom is 0.252 e. The first kappa shape index (κ1) is 16.7. The van der Waals surface area contributed by atoms with E-state index in [0.29, 0.717) is 19.7 Å². The number of nitrogens with zero attached hydrogens (tertiary/aromatic N) is 2. The molecule has 1 fully saturated rings. The first-order valence-corrected chi connectivity index (χ1v) is 8.41. The van der Waals surface area contributed by atoms with Gasteiger partial charge in [0, 0.05) is 37.9 Å². The van der Waals surface area contributed by atoms with Crippen LogP contribution in [0.15, 0.2) is 36.4 Å². The number of morpholine rings is 1. The molecule has 2 heterocycles.